The summed E-state index contributed by atoms with van der Waals surface area (Å²) in [5.74, 6) is -5.87. The second kappa shape index (κ2) is 13.4. The van der Waals surface area contributed by atoms with Gasteiger partial charge < -0.3 is 37.0 Å². The van der Waals surface area contributed by atoms with E-state index in [1.165, 1.54) is 28.4 Å². The lowest BCUT2D eigenvalue weighted by Crippen LogP contribution is -2.92. The van der Waals surface area contributed by atoms with E-state index in [0.717, 1.165) is 0 Å². The van der Waals surface area contributed by atoms with Crippen molar-refractivity contribution in [3.8, 4) is 0 Å². The van der Waals surface area contributed by atoms with Crippen LogP contribution in [0.3, 0.4) is 0 Å². The van der Waals surface area contributed by atoms with Crippen LogP contribution < -0.4 is 0 Å². The second-order valence-corrected chi connectivity index (χ2v) is 23.4. The molecule has 0 unspecified atom stereocenters. The first-order chi connectivity index (χ1) is 27.8. The lowest BCUT2D eigenvalue weighted by molar-refractivity contribution is -0.340. The molecule has 2 heterocycles. The van der Waals surface area contributed by atoms with Crippen molar-refractivity contribution in [1.82, 2.24) is 0 Å². The Morgan fingerprint density at radius 1 is 0.576 bits per heavy atom. The molecule has 0 radical (unpaired) electrons. The van der Waals surface area contributed by atoms with Crippen LogP contribution >= 0.6 is 38.4 Å². The molecule has 7 aliphatic rings. The first-order valence-electron chi connectivity index (χ1n) is 19.2. The average Bonchev–Trinajstić information content (AvgIpc) is 3.50. The number of ether oxygens (including phenoxy) is 4. The average molecular weight is 898 g/mol. The molecule has 0 bridgehead atoms. The zero-order chi connectivity index (χ0) is 43.0. The highest BCUT2D eigenvalue weighted by Gasteiger charge is 3.12. The van der Waals surface area contributed by atoms with E-state index in [9.17, 15) is 19.2 Å². The molecule has 0 N–H and O–H groups in total. The number of carbonyl (C=O) groups excluding carboxylic acids is 4. The Labute approximate surface area is 352 Å². The molecule has 320 valence electrons. The molecule has 6 atom stereocenters. The predicted octanol–water partition coefficient (Wildman–Crippen LogP) is 7.38. The molecule has 18 heteroatoms. The van der Waals surface area contributed by atoms with E-state index in [1.807, 2.05) is 27.7 Å². The van der Waals surface area contributed by atoms with Crippen LogP contribution in [0.2, 0.25) is 0 Å². The largest absolute Gasteiger partial charge is 0.468 e. The fraction of sp³-hybridized carbons (Fsp3) is 0.610. The number of alkyl halides is 2. The van der Waals surface area contributed by atoms with Crippen LogP contribution in [0, 0.1) is 32.5 Å². The molecule has 2 aromatic carbocycles. The highest BCUT2D eigenvalue weighted by Crippen LogP contribution is 3.13. The number of halogens is 2. The molecule has 2 aromatic rings. The van der Waals surface area contributed by atoms with Crippen LogP contribution in [0.5, 0.6) is 0 Å². The molecule has 0 amide bonds. The molecule has 9 rings (SSSR count). The zero-order valence-electron chi connectivity index (χ0n) is 34.1. The van der Waals surface area contributed by atoms with Crippen LogP contribution in [-0.4, -0.2) is 84.1 Å². The number of carbonyl (C=O) groups is 4. The fourth-order valence-corrected chi connectivity index (χ4v) is 21.1. The molecule has 14 nitrogen and oxygen atoms in total. The Morgan fingerprint density at radius 2 is 0.847 bits per heavy atom. The van der Waals surface area contributed by atoms with E-state index < -0.39 is 93.7 Å². The van der Waals surface area contributed by atoms with Gasteiger partial charge in [0.15, 0.2) is 10.8 Å². The first-order valence-corrected chi connectivity index (χ1v) is 23.4. The Morgan fingerprint density at radius 3 is 1.12 bits per heavy atom. The van der Waals surface area contributed by atoms with Gasteiger partial charge in [0, 0.05) is 33.5 Å². The number of hydrogen-bond donors (Lipinski definition) is 0. The van der Waals surface area contributed by atoms with Crippen molar-refractivity contribution in [2.24, 2.45) is 32.5 Å². The third-order valence-corrected chi connectivity index (χ3v) is 20.2. The lowest BCUT2D eigenvalue weighted by Gasteiger charge is -2.88. The van der Waals surface area contributed by atoms with Gasteiger partial charge in [-0.15, -0.1) is 23.2 Å². The molecule has 2 saturated heterocycles. The van der Waals surface area contributed by atoms with Crippen LogP contribution in [0.25, 0.3) is 0 Å². The van der Waals surface area contributed by atoms with Gasteiger partial charge in [-0.25, -0.2) is 0 Å². The molecule has 5 fully saturated rings. The number of rotatable bonds is 6. The molecule has 0 aromatic heterocycles. The van der Waals surface area contributed by atoms with Crippen LogP contribution in [0.15, 0.2) is 48.5 Å². The fourth-order valence-electron chi connectivity index (χ4n) is 13.1. The molecule has 3 saturated carbocycles. The maximum atomic E-state index is 16.7. The molecular weight excluding hydrogens is 849 g/mol. The van der Waals surface area contributed by atoms with E-state index in [1.54, 1.807) is 48.5 Å². The van der Waals surface area contributed by atoms with E-state index in [0.29, 0.717) is 22.3 Å². The summed E-state index contributed by atoms with van der Waals surface area (Å²) in [6.45, 7) is 7.54. The van der Waals surface area contributed by atoms with Crippen LogP contribution in [-0.2, 0) is 75.7 Å². The summed E-state index contributed by atoms with van der Waals surface area (Å²) in [7, 11) is -4.66. The zero-order valence-corrected chi connectivity index (χ0v) is 37.4. The smallest absolute Gasteiger partial charge is 0.343 e. The Kier molecular flexibility index (Phi) is 9.70. The maximum Gasteiger partial charge on any atom is 0.343 e. The Bertz CT molecular complexity index is 2060. The number of hydrogen-bond acceptors (Lipinski definition) is 14. The molecule has 59 heavy (non-hydrogen) atoms. The normalized spacial score (nSPS) is 35.5. The summed E-state index contributed by atoms with van der Waals surface area (Å²) in [5, 5.41) is -3.78. The van der Waals surface area contributed by atoms with Crippen molar-refractivity contribution in [3.05, 3.63) is 70.8 Å². The third kappa shape index (κ3) is 4.36. The first kappa shape index (κ1) is 42.9. The number of benzene rings is 2. The highest BCUT2D eigenvalue weighted by molar-refractivity contribution is 7.60. The van der Waals surface area contributed by atoms with E-state index in [-0.39, 0.29) is 44.6 Å². The lowest BCUT2D eigenvalue weighted by atomic mass is 9.18. The quantitative estimate of drug-likeness (QED) is 0.0923. The van der Waals surface area contributed by atoms with Crippen molar-refractivity contribution in [1.29, 1.82) is 0 Å². The molecule has 2 aliphatic heterocycles. The van der Waals surface area contributed by atoms with Gasteiger partial charge in [-0.2, -0.15) is 0 Å². The number of fused-ring (bicyclic) bond motifs is 7. The van der Waals surface area contributed by atoms with Gasteiger partial charge in [0.1, 0.15) is 10.3 Å². The van der Waals surface area contributed by atoms with Gasteiger partial charge >= 0.3 is 39.1 Å². The monoisotopic (exact) mass is 896 g/mol. The standard InChI is InChI=1S/C40H46O14P2.CH2Cl2/c1-33(2)19-51-55(45,52-20-33)39-25-15-11-9-13-23(25)27-35(29(41)47-5,30(42)48-6)17-37(27,39)38-18-36(31(43)49-7,32(44)50-8)28(38)24-14-10-12-16-26(24)40(38,39)56(46)53-21-34(3,4)22-54-56;2-1-3/h9-16,27-28H,17-22H2,1-8H3;1H2/t27-,28-,37+,38+,39-,40-;/m1./s1. The van der Waals surface area contributed by atoms with E-state index in [2.05, 4.69) is 0 Å². The van der Waals surface area contributed by atoms with Gasteiger partial charge in [0.25, 0.3) is 0 Å². The van der Waals surface area contributed by atoms with Crippen molar-refractivity contribution in [2.75, 3.05) is 60.2 Å². The summed E-state index contributed by atoms with van der Waals surface area (Å²) in [6.07, 6.45) is -0.704. The Balaban J connectivity index is 0.00000157. The summed E-state index contributed by atoms with van der Waals surface area (Å²) < 4.78 is 81.6. The van der Waals surface area contributed by atoms with Gasteiger partial charge in [0.2, 0.25) is 0 Å². The second-order valence-electron chi connectivity index (χ2n) is 18.2. The van der Waals surface area contributed by atoms with Crippen molar-refractivity contribution in [2.45, 2.75) is 62.7 Å². The number of esters is 4. The molecule has 5 aliphatic carbocycles. The minimum atomic E-state index is -4.68. The van der Waals surface area contributed by atoms with Crippen LogP contribution in [0.4, 0.5) is 0 Å². The van der Waals surface area contributed by atoms with Gasteiger partial charge in [-0.1, -0.05) is 76.2 Å². The summed E-state index contributed by atoms with van der Waals surface area (Å²) in [5.41, 5.74) is -6.69. The highest BCUT2D eigenvalue weighted by atomic mass is 35.5. The van der Waals surface area contributed by atoms with Gasteiger partial charge in [-0.3, -0.25) is 28.3 Å². The van der Waals surface area contributed by atoms with E-state index in [4.69, 9.17) is 60.2 Å². The SMILES string of the molecule is COC(=O)C1(C(=O)OC)C[C@@]23[C@@H]1c1ccccc1[C@]2(P1(=O)OCC(C)(C)CO1)[C@@]1(P2(=O)OCC(C)(C)CO2)c2ccccc2[C@@H]2C(C(=O)OC)(C(=O)OC)C[C@]231.ClCCl. The topological polar surface area (TPSA) is 176 Å². The minimum Gasteiger partial charge on any atom is -0.468 e. The molecular formula is C41H48Cl2O14P2. The Hall–Kier alpha value is -2.80. The van der Waals surface area contributed by atoms with Crippen molar-refractivity contribution < 1.29 is 65.4 Å². The van der Waals surface area contributed by atoms with Crippen molar-refractivity contribution in [3.63, 3.8) is 0 Å². The maximum absolute atomic E-state index is 16.7. The van der Waals surface area contributed by atoms with Gasteiger partial charge in [-0.05, 0) is 35.1 Å². The third-order valence-electron chi connectivity index (χ3n) is 14.5. The van der Waals surface area contributed by atoms with Gasteiger partial charge in [0.05, 0.1) is 60.2 Å². The summed E-state index contributed by atoms with van der Waals surface area (Å²) in [6, 6.07) is 13.9. The summed E-state index contributed by atoms with van der Waals surface area (Å²) in [4.78, 5) is 57.4. The van der Waals surface area contributed by atoms with Crippen LogP contribution in [0.1, 0.15) is 74.6 Å². The van der Waals surface area contributed by atoms with Crippen molar-refractivity contribution >= 4 is 62.3 Å². The summed E-state index contributed by atoms with van der Waals surface area (Å²) >= 11 is 9.53. The molecule has 2 spiro atoms. The minimum absolute atomic E-state index is 0.0183. The predicted molar refractivity (Wildman–Crippen MR) is 212 cm³/mol. The number of methoxy groups -OCH3 is 4. The van der Waals surface area contributed by atoms with E-state index >= 15 is 9.13 Å².